The average molecular weight is 717 g/mol. The highest BCUT2D eigenvalue weighted by atomic mass is 19.1. The molecule has 5 aliphatic heterocycles. The number of anilines is 1. The van der Waals surface area contributed by atoms with Gasteiger partial charge in [0.2, 0.25) is 11.8 Å². The smallest absolute Gasteiger partial charge is 0.410 e. The van der Waals surface area contributed by atoms with Gasteiger partial charge in [-0.25, -0.2) is 9.18 Å². The minimum atomic E-state index is -1.18. The summed E-state index contributed by atoms with van der Waals surface area (Å²) in [6, 6.07) is 14.1. The van der Waals surface area contributed by atoms with Gasteiger partial charge in [-0.2, -0.15) is 0 Å². The molecule has 0 aliphatic carbocycles. The number of rotatable bonds is 9. The molecule has 5 heterocycles. The fraction of sp³-hybridized carbons (Fsp3) is 0.564. The minimum Gasteiger partial charge on any atom is -0.445 e. The predicted octanol–water partition coefficient (Wildman–Crippen LogP) is 3.84. The molecule has 5 amide bonds. The number of likely N-dealkylation sites (tertiary alicyclic amines) is 1. The third-order valence-corrected chi connectivity index (χ3v) is 11.7. The van der Waals surface area contributed by atoms with Crippen molar-refractivity contribution >= 4 is 35.4 Å². The second kappa shape index (κ2) is 15.3. The molecule has 52 heavy (non-hydrogen) atoms. The molecule has 2 aromatic rings. The Bertz CT molecular complexity index is 1670. The van der Waals surface area contributed by atoms with Crippen LogP contribution in [0, 0.1) is 5.92 Å². The third-order valence-electron chi connectivity index (χ3n) is 11.7. The molecular formula is C39H49FN6O6. The number of carbonyl (C=O) groups is 5. The number of fused-ring (bicyclic) bond motifs is 1. The number of piperazine rings is 1. The Morgan fingerprint density at radius 2 is 1.63 bits per heavy atom. The van der Waals surface area contributed by atoms with E-state index in [4.69, 9.17) is 4.74 Å². The van der Waals surface area contributed by atoms with Crippen LogP contribution >= 0.6 is 0 Å². The monoisotopic (exact) mass is 716 g/mol. The van der Waals surface area contributed by atoms with Crippen LogP contribution in [0.4, 0.5) is 14.9 Å². The summed E-state index contributed by atoms with van der Waals surface area (Å²) in [5.74, 6) is -1.49. The minimum absolute atomic E-state index is 0.0888. The molecule has 0 saturated carbocycles. The highest BCUT2D eigenvalue weighted by molar-refractivity contribution is 6.23. The lowest BCUT2D eigenvalue weighted by Gasteiger charge is -2.42. The summed E-state index contributed by atoms with van der Waals surface area (Å²) in [5, 5.41) is 2.24. The fourth-order valence-electron chi connectivity index (χ4n) is 8.43. The number of nitrogens with zero attached hydrogens (tertiary/aromatic N) is 5. The van der Waals surface area contributed by atoms with Crippen molar-refractivity contribution in [1.82, 2.24) is 24.9 Å². The summed E-state index contributed by atoms with van der Waals surface area (Å²) < 4.78 is 21.5. The molecule has 5 aliphatic rings. The van der Waals surface area contributed by atoms with Gasteiger partial charge in [0.05, 0.1) is 11.1 Å². The van der Waals surface area contributed by atoms with E-state index < -0.39 is 35.3 Å². The van der Waals surface area contributed by atoms with E-state index in [9.17, 15) is 24.0 Å². The van der Waals surface area contributed by atoms with Crippen LogP contribution in [0.2, 0.25) is 0 Å². The third kappa shape index (κ3) is 7.85. The Labute approximate surface area is 304 Å². The number of hydrogen-bond acceptors (Lipinski definition) is 9. The van der Waals surface area contributed by atoms with Crippen LogP contribution in [0.5, 0.6) is 0 Å². The maximum Gasteiger partial charge on any atom is 0.410 e. The zero-order chi connectivity index (χ0) is 36.4. The van der Waals surface area contributed by atoms with Crippen LogP contribution in [-0.2, 0) is 20.9 Å². The zero-order valence-electron chi connectivity index (χ0n) is 29.9. The van der Waals surface area contributed by atoms with Gasteiger partial charge in [0, 0.05) is 77.1 Å². The summed E-state index contributed by atoms with van der Waals surface area (Å²) >= 11 is 0. The molecule has 0 spiro atoms. The van der Waals surface area contributed by atoms with Crippen LogP contribution in [-0.4, -0.2) is 126 Å². The largest absolute Gasteiger partial charge is 0.445 e. The van der Waals surface area contributed by atoms with Gasteiger partial charge in [0.15, 0.2) is 0 Å². The fourth-order valence-corrected chi connectivity index (χ4v) is 8.43. The number of piperidine rings is 3. The Balaban J connectivity index is 0.821. The number of carbonyl (C=O) groups excluding carboxylic acids is 5. The Hall–Kier alpha value is -4.36. The quantitative estimate of drug-likeness (QED) is 0.386. The van der Waals surface area contributed by atoms with Crippen LogP contribution < -0.4 is 10.2 Å². The molecule has 2 aromatic carbocycles. The number of amides is 5. The van der Waals surface area contributed by atoms with E-state index in [0.717, 1.165) is 61.7 Å². The summed E-state index contributed by atoms with van der Waals surface area (Å²) in [6.07, 6.45) is 3.45. The number of hydrogen-bond donors (Lipinski definition) is 1. The Kier molecular flexibility index (Phi) is 10.6. The topological polar surface area (TPSA) is 123 Å². The first-order chi connectivity index (χ1) is 25.1. The summed E-state index contributed by atoms with van der Waals surface area (Å²) in [5.41, 5.74) is 1.25. The highest BCUT2D eigenvalue weighted by Gasteiger charge is 2.45. The van der Waals surface area contributed by atoms with E-state index in [2.05, 4.69) is 26.9 Å². The Morgan fingerprint density at radius 3 is 2.35 bits per heavy atom. The van der Waals surface area contributed by atoms with Crippen LogP contribution in [0.1, 0.15) is 78.1 Å². The average Bonchev–Trinajstić information content (AvgIpc) is 3.40. The predicted molar refractivity (Wildman–Crippen MR) is 191 cm³/mol. The molecule has 0 bridgehead atoms. The molecule has 7 rings (SSSR count). The van der Waals surface area contributed by atoms with Crippen LogP contribution in [0.3, 0.4) is 0 Å². The van der Waals surface area contributed by atoms with Crippen molar-refractivity contribution in [2.45, 2.75) is 76.2 Å². The van der Waals surface area contributed by atoms with Crippen LogP contribution in [0.25, 0.3) is 0 Å². The van der Waals surface area contributed by atoms with Gasteiger partial charge in [-0.15, -0.1) is 0 Å². The van der Waals surface area contributed by atoms with E-state index in [0.29, 0.717) is 56.9 Å². The second-order valence-corrected chi connectivity index (χ2v) is 15.2. The number of imide groups is 2. The molecule has 278 valence electrons. The van der Waals surface area contributed by atoms with Crippen molar-refractivity contribution in [3.63, 3.8) is 0 Å². The van der Waals surface area contributed by atoms with Crippen molar-refractivity contribution < 1.29 is 33.1 Å². The molecule has 0 aromatic heterocycles. The lowest BCUT2D eigenvalue weighted by atomic mass is 9.88. The number of ether oxygens (including phenoxy) is 1. The molecule has 1 N–H and O–H groups in total. The van der Waals surface area contributed by atoms with Crippen molar-refractivity contribution in [2.24, 2.45) is 5.92 Å². The molecule has 4 fully saturated rings. The van der Waals surface area contributed by atoms with E-state index in [1.54, 1.807) is 17.0 Å². The summed E-state index contributed by atoms with van der Waals surface area (Å²) in [7, 11) is 0. The molecule has 4 saturated heterocycles. The lowest BCUT2D eigenvalue weighted by molar-refractivity contribution is -0.136. The molecule has 1 unspecified atom stereocenters. The maximum atomic E-state index is 16.0. The zero-order valence-corrected chi connectivity index (χ0v) is 29.9. The summed E-state index contributed by atoms with van der Waals surface area (Å²) in [6.45, 7) is 8.98. The maximum absolute atomic E-state index is 16.0. The van der Waals surface area contributed by atoms with Crippen molar-refractivity contribution in [3.8, 4) is 0 Å². The second-order valence-electron chi connectivity index (χ2n) is 15.2. The Morgan fingerprint density at radius 1 is 0.904 bits per heavy atom. The van der Waals surface area contributed by atoms with Gasteiger partial charge in [-0.05, 0) is 75.1 Å². The van der Waals surface area contributed by atoms with E-state index in [-0.39, 0.29) is 37.1 Å². The first-order valence-corrected chi connectivity index (χ1v) is 18.8. The number of benzene rings is 2. The van der Waals surface area contributed by atoms with Crippen LogP contribution in [0.15, 0.2) is 48.5 Å². The van der Waals surface area contributed by atoms with Gasteiger partial charge >= 0.3 is 6.09 Å². The highest BCUT2D eigenvalue weighted by Crippen LogP contribution is 2.34. The summed E-state index contributed by atoms with van der Waals surface area (Å²) in [4.78, 5) is 72.7. The van der Waals surface area contributed by atoms with Crippen molar-refractivity contribution in [2.75, 3.05) is 63.8 Å². The molecule has 12 nitrogen and oxygen atoms in total. The molecular weight excluding hydrogens is 667 g/mol. The number of halogens is 1. The van der Waals surface area contributed by atoms with Crippen molar-refractivity contribution in [3.05, 3.63) is 65.2 Å². The molecule has 0 radical (unpaired) electrons. The van der Waals surface area contributed by atoms with E-state index in [1.807, 2.05) is 36.4 Å². The van der Waals surface area contributed by atoms with E-state index in [1.165, 1.54) is 0 Å². The van der Waals surface area contributed by atoms with Gasteiger partial charge in [-0.3, -0.25) is 34.3 Å². The van der Waals surface area contributed by atoms with Gasteiger partial charge in [0.1, 0.15) is 18.3 Å². The van der Waals surface area contributed by atoms with E-state index >= 15 is 4.39 Å². The van der Waals surface area contributed by atoms with Crippen molar-refractivity contribution in [1.29, 1.82) is 0 Å². The first kappa shape index (κ1) is 36.0. The SMILES string of the molecule is C[C@H]1CN(C(=O)OCc2ccccc2)CCN1CCC1(F)CCN(CC2CCN(c3ccc4c(c3)C(=O)N(C3CCC(=O)NC3=O)C4=O)CC2)CC1. The van der Waals surface area contributed by atoms with Gasteiger partial charge < -0.3 is 19.4 Å². The molecule has 13 heteroatoms. The number of alkyl halides is 1. The standard InChI is InChI=1S/C39H49FN6O6/c1-27-24-45(38(51)52-26-29-5-3-2-4-6-29)22-21-43(27)20-15-39(40)13-18-42(19-14-39)25-28-11-16-44(17-12-28)30-7-8-31-32(23-30)37(50)46(36(31)49)33-9-10-34(47)41-35(33)48/h2-8,23,27-28,33H,9-22,24-26H2,1H3,(H,41,47,48)/t27-,33?/m0/s1. The normalized spacial score (nSPS) is 24.6. The van der Waals surface area contributed by atoms with Gasteiger partial charge in [-0.1, -0.05) is 30.3 Å². The molecule has 2 atom stereocenters. The number of nitrogens with one attached hydrogen (secondary N) is 1. The van der Waals surface area contributed by atoms with Gasteiger partial charge in [0.25, 0.3) is 11.8 Å². The lowest BCUT2D eigenvalue weighted by Crippen LogP contribution is -2.54. The first-order valence-electron chi connectivity index (χ1n) is 18.8.